The van der Waals surface area contributed by atoms with Gasteiger partial charge in [0.1, 0.15) is 0 Å². The predicted molar refractivity (Wildman–Crippen MR) is 101 cm³/mol. The molecule has 0 heterocycles. The topological polar surface area (TPSA) is 9.23 Å². The fourth-order valence-electron chi connectivity index (χ4n) is 3.03. The van der Waals surface area contributed by atoms with Gasteiger partial charge in [-0.2, -0.15) is 4.39 Å². The first-order chi connectivity index (χ1) is 12.2. The maximum atomic E-state index is 14.4. The number of allylic oxidation sites excluding steroid dienone is 5. The smallest absolute Gasteiger partial charge is 0.201 e. The van der Waals surface area contributed by atoms with Gasteiger partial charge >= 0.3 is 0 Å². The molecular formula is C22H28F2O. The van der Waals surface area contributed by atoms with Gasteiger partial charge < -0.3 is 4.74 Å². The second kappa shape index (κ2) is 10.2. The van der Waals surface area contributed by atoms with Crippen LogP contribution in [0.3, 0.4) is 0 Å². The number of benzene rings is 1. The van der Waals surface area contributed by atoms with Crippen LogP contribution in [-0.4, -0.2) is 6.61 Å². The maximum absolute atomic E-state index is 14.4. The highest BCUT2D eigenvalue weighted by Crippen LogP contribution is 2.34. The van der Waals surface area contributed by atoms with Crippen molar-refractivity contribution in [1.29, 1.82) is 0 Å². The Labute approximate surface area is 150 Å². The monoisotopic (exact) mass is 346 g/mol. The highest BCUT2D eigenvalue weighted by Gasteiger charge is 2.20. The van der Waals surface area contributed by atoms with Crippen LogP contribution in [0.1, 0.15) is 57.4 Å². The molecule has 25 heavy (non-hydrogen) atoms. The molecule has 0 fully saturated rings. The fraction of sp³-hybridized carbons (Fsp3) is 0.455. The van der Waals surface area contributed by atoms with E-state index in [0.29, 0.717) is 18.1 Å². The van der Waals surface area contributed by atoms with Crippen molar-refractivity contribution >= 4 is 5.57 Å². The second-order valence-corrected chi connectivity index (χ2v) is 6.50. The number of hydrogen-bond acceptors (Lipinski definition) is 1. The molecule has 0 radical (unpaired) electrons. The van der Waals surface area contributed by atoms with Crippen molar-refractivity contribution in [2.75, 3.05) is 6.61 Å². The molecule has 0 saturated carbocycles. The van der Waals surface area contributed by atoms with Crippen molar-refractivity contribution in [2.24, 2.45) is 5.92 Å². The van der Waals surface area contributed by atoms with Gasteiger partial charge in [-0.15, -0.1) is 6.58 Å². The van der Waals surface area contributed by atoms with Gasteiger partial charge in [-0.3, -0.25) is 0 Å². The van der Waals surface area contributed by atoms with E-state index in [9.17, 15) is 8.78 Å². The summed E-state index contributed by atoms with van der Waals surface area (Å²) in [5.74, 6) is -1.19. The third-order valence-corrected chi connectivity index (χ3v) is 4.52. The molecule has 1 aromatic rings. The van der Waals surface area contributed by atoms with E-state index in [1.54, 1.807) is 12.1 Å². The van der Waals surface area contributed by atoms with Crippen LogP contribution in [0.15, 0.2) is 43.0 Å². The molecule has 0 spiro atoms. The summed E-state index contributed by atoms with van der Waals surface area (Å²) in [7, 11) is 0. The van der Waals surface area contributed by atoms with Crippen LogP contribution in [0.4, 0.5) is 8.78 Å². The summed E-state index contributed by atoms with van der Waals surface area (Å²) in [6, 6.07) is 3.18. The lowest BCUT2D eigenvalue weighted by Gasteiger charge is -2.20. The van der Waals surface area contributed by atoms with Gasteiger partial charge in [-0.25, -0.2) is 4.39 Å². The minimum Gasteiger partial charge on any atom is -0.490 e. The Morgan fingerprint density at radius 3 is 2.76 bits per heavy atom. The number of hydrogen-bond donors (Lipinski definition) is 0. The lowest BCUT2D eigenvalue weighted by Crippen LogP contribution is -2.06. The highest BCUT2D eigenvalue weighted by molar-refractivity contribution is 5.67. The predicted octanol–water partition coefficient (Wildman–Crippen LogP) is 6.85. The second-order valence-electron chi connectivity index (χ2n) is 6.50. The van der Waals surface area contributed by atoms with E-state index in [2.05, 4.69) is 25.7 Å². The molecule has 1 nitrogen and oxygen atoms in total. The van der Waals surface area contributed by atoms with Gasteiger partial charge in [0.05, 0.1) is 6.61 Å². The summed E-state index contributed by atoms with van der Waals surface area (Å²) in [6.07, 6.45) is 14.7. The van der Waals surface area contributed by atoms with Gasteiger partial charge in [-0.1, -0.05) is 37.6 Å². The third-order valence-electron chi connectivity index (χ3n) is 4.52. The zero-order valence-corrected chi connectivity index (χ0v) is 15.1. The van der Waals surface area contributed by atoms with Crippen LogP contribution in [0, 0.1) is 17.6 Å². The third kappa shape index (κ3) is 5.55. The van der Waals surface area contributed by atoms with Crippen molar-refractivity contribution in [3.8, 4) is 5.75 Å². The number of unbranched alkanes of at least 4 members (excludes halogenated alkanes) is 2. The number of halogens is 2. The van der Waals surface area contributed by atoms with E-state index in [1.165, 1.54) is 6.07 Å². The molecule has 0 N–H and O–H groups in total. The minimum atomic E-state index is -0.887. The van der Waals surface area contributed by atoms with Crippen LogP contribution in [-0.2, 0) is 0 Å². The Morgan fingerprint density at radius 1 is 1.24 bits per heavy atom. The molecule has 0 aromatic heterocycles. The van der Waals surface area contributed by atoms with Crippen LogP contribution in [0.5, 0.6) is 5.75 Å². The van der Waals surface area contributed by atoms with E-state index < -0.39 is 11.6 Å². The Hall–Kier alpha value is -1.90. The molecule has 1 aliphatic carbocycles. The van der Waals surface area contributed by atoms with Crippen LogP contribution >= 0.6 is 0 Å². The first-order valence-electron chi connectivity index (χ1n) is 9.25. The zero-order chi connectivity index (χ0) is 18.1. The quantitative estimate of drug-likeness (QED) is 0.351. The van der Waals surface area contributed by atoms with Crippen LogP contribution < -0.4 is 4.74 Å². The van der Waals surface area contributed by atoms with E-state index in [4.69, 9.17) is 4.74 Å². The largest absolute Gasteiger partial charge is 0.490 e. The molecule has 0 aliphatic heterocycles. The molecular weight excluding hydrogens is 318 g/mol. The summed E-state index contributed by atoms with van der Waals surface area (Å²) in [5, 5.41) is 0. The molecule has 0 amide bonds. The van der Waals surface area contributed by atoms with E-state index in [0.717, 1.165) is 50.5 Å². The Bertz CT molecular complexity index is 631. The van der Waals surface area contributed by atoms with Gasteiger partial charge in [-0.05, 0) is 62.1 Å². The zero-order valence-electron chi connectivity index (χ0n) is 15.1. The molecule has 1 aromatic carbocycles. The van der Waals surface area contributed by atoms with Crippen molar-refractivity contribution in [1.82, 2.24) is 0 Å². The first kappa shape index (κ1) is 19.4. The minimum absolute atomic E-state index is 0.0119. The summed E-state index contributed by atoms with van der Waals surface area (Å²) in [4.78, 5) is 0. The number of rotatable bonds is 9. The average Bonchev–Trinajstić information content (AvgIpc) is 2.63. The van der Waals surface area contributed by atoms with Crippen molar-refractivity contribution in [3.63, 3.8) is 0 Å². The van der Waals surface area contributed by atoms with Crippen LogP contribution in [0.25, 0.3) is 5.57 Å². The van der Waals surface area contributed by atoms with E-state index in [1.807, 2.05) is 6.08 Å². The van der Waals surface area contributed by atoms with Crippen molar-refractivity contribution in [3.05, 3.63) is 60.2 Å². The molecule has 136 valence electrons. The van der Waals surface area contributed by atoms with Crippen LogP contribution in [0.2, 0.25) is 0 Å². The summed E-state index contributed by atoms with van der Waals surface area (Å²) >= 11 is 0. The van der Waals surface area contributed by atoms with E-state index in [-0.39, 0.29) is 5.75 Å². The standard InChI is InChI=1S/C22H28F2O/c1-3-5-7-9-17-10-12-18(13-11-17)19-14-15-20(22(24)21(19)23)25-16-8-6-4-2/h4,7,9,12,14-15,17H,2-3,5-6,8,10-11,13,16H2,1H3. The first-order valence-corrected chi connectivity index (χ1v) is 9.25. The lowest BCUT2D eigenvalue weighted by atomic mass is 9.86. The summed E-state index contributed by atoms with van der Waals surface area (Å²) in [5.41, 5.74) is 1.27. The Kier molecular flexibility index (Phi) is 7.90. The fourth-order valence-corrected chi connectivity index (χ4v) is 3.03. The molecule has 0 saturated heterocycles. The molecule has 1 aliphatic rings. The van der Waals surface area contributed by atoms with Crippen molar-refractivity contribution < 1.29 is 13.5 Å². The Balaban J connectivity index is 2.03. The van der Waals surface area contributed by atoms with Gasteiger partial charge in [0.2, 0.25) is 5.82 Å². The highest BCUT2D eigenvalue weighted by atomic mass is 19.2. The van der Waals surface area contributed by atoms with Gasteiger partial charge in [0.25, 0.3) is 0 Å². The molecule has 0 bridgehead atoms. The molecule has 3 heteroatoms. The average molecular weight is 346 g/mol. The molecule has 1 unspecified atom stereocenters. The van der Waals surface area contributed by atoms with E-state index >= 15 is 0 Å². The normalized spacial score (nSPS) is 17.6. The summed E-state index contributed by atoms with van der Waals surface area (Å²) in [6.45, 7) is 6.14. The lowest BCUT2D eigenvalue weighted by molar-refractivity contribution is 0.291. The maximum Gasteiger partial charge on any atom is 0.201 e. The number of ether oxygens (including phenoxy) is 1. The van der Waals surface area contributed by atoms with Gasteiger partial charge in [0.15, 0.2) is 11.6 Å². The SMILES string of the molecule is C=CCCCOc1ccc(C2=CCC(C=CCCC)CC2)c(F)c1F. The molecule has 1 atom stereocenters. The Morgan fingerprint density at radius 2 is 2.08 bits per heavy atom. The van der Waals surface area contributed by atoms with Gasteiger partial charge in [0, 0.05) is 5.56 Å². The van der Waals surface area contributed by atoms with Crippen molar-refractivity contribution in [2.45, 2.75) is 51.9 Å². The summed E-state index contributed by atoms with van der Waals surface area (Å²) < 4.78 is 34.0. The molecule has 2 rings (SSSR count).